The van der Waals surface area contributed by atoms with Gasteiger partial charge in [0, 0.05) is 0 Å². The van der Waals surface area contributed by atoms with E-state index in [9.17, 15) is 20.3 Å². The van der Waals surface area contributed by atoms with Gasteiger partial charge in [0.1, 0.15) is 36.3 Å². The van der Waals surface area contributed by atoms with Gasteiger partial charge in [-0.25, -0.2) is 4.98 Å². The Labute approximate surface area is 94.8 Å². The lowest BCUT2D eigenvalue weighted by atomic mass is 10.1. The van der Waals surface area contributed by atoms with Gasteiger partial charge in [-0.3, -0.25) is 0 Å². The number of imidazole rings is 1. The Balaban J connectivity index is 2.19. The van der Waals surface area contributed by atoms with Gasteiger partial charge in [0.05, 0.1) is 6.61 Å². The molecule has 4 atom stereocenters. The number of hydrogen-bond acceptors (Lipinski definition) is 7. The maximum atomic E-state index is 10.4. The van der Waals surface area contributed by atoms with Crippen molar-refractivity contribution in [2.75, 3.05) is 6.61 Å². The van der Waals surface area contributed by atoms with Gasteiger partial charge in [-0.05, 0) is 4.92 Å². The maximum Gasteiger partial charge on any atom is 0.432 e. The average molecular weight is 245 g/mol. The second kappa shape index (κ2) is 4.37. The number of H-pyrrole nitrogens is 1. The van der Waals surface area contributed by atoms with Crippen molar-refractivity contribution in [3.8, 4) is 0 Å². The Kier molecular flexibility index (Phi) is 3.07. The molecular weight excluding hydrogens is 234 g/mol. The Morgan fingerprint density at radius 2 is 2.24 bits per heavy atom. The summed E-state index contributed by atoms with van der Waals surface area (Å²) in [6, 6.07) is 0. The van der Waals surface area contributed by atoms with Gasteiger partial charge in [-0.15, -0.1) is 0 Å². The average Bonchev–Trinajstić information content (AvgIpc) is 2.87. The van der Waals surface area contributed by atoms with Crippen LogP contribution in [0.4, 0.5) is 5.95 Å². The number of aromatic nitrogens is 2. The maximum absolute atomic E-state index is 10.4. The molecule has 2 heterocycles. The molecule has 1 aliphatic heterocycles. The zero-order valence-electron chi connectivity index (χ0n) is 8.55. The summed E-state index contributed by atoms with van der Waals surface area (Å²) in [5.41, 5.74) is 0.180. The fourth-order valence-electron chi connectivity index (χ4n) is 1.72. The van der Waals surface area contributed by atoms with Crippen LogP contribution in [0.15, 0.2) is 6.20 Å². The summed E-state index contributed by atoms with van der Waals surface area (Å²) in [6.45, 7) is -0.453. The van der Waals surface area contributed by atoms with Crippen molar-refractivity contribution in [2.45, 2.75) is 24.4 Å². The molecule has 9 heteroatoms. The highest BCUT2D eigenvalue weighted by Gasteiger charge is 2.45. The summed E-state index contributed by atoms with van der Waals surface area (Å²) in [5.74, 6) is -0.474. The van der Waals surface area contributed by atoms with Crippen molar-refractivity contribution < 1.29 is 25.0 Å². The molecule has 4 N–H and O–H groups in total. The zero-order valence-corrected chi connectivity index (χ0v) is 8.55. The first-order chi connectivity index (χ1) is 8.04. The number of nitro groups is 1. The van der Waals surface area contributed by atoms with Gasteiger partial charge in [0.25, 0.3) is 0 Å². The summed E-state index contributed by atoms with van der Waals surface area (Å²) in [5, 5.41) is 38.5. The molecule has 1 aliphatic rings. The third-order valence-corrected chi connectivity index (χ3v) is 2.60. The van der Waals surface area contributed by atoms with Crippen LogP contribution in [0.5, 0.6) is 0 Å². The molecular formula is C8H11N3O6. The van der Waals surface area contributed by atoms with E-state index in [1.165, 1.54) is 0 Å². The lowest BCUT2D eigenvalue weighted by Crippen LogP contribution is -2.32. The van der Waals surface area contributed by atoms with Crippen molar-refractivity contribution >= 4 is 5.95 Å². The summed E-state index contributed by atoms with van der Waals surface area (Å²) < 4.78 is 5.17. The predicted octanol–water partition coefficient (Wildman–Crippen LogP) is -1.53. The van der Waals surface area contributed by atoms with Gasteiger partial charge in [-0.2, -0.15) is 0 Å². The lowest BCUT2D eigenvalue weighted by Gasteiger charge is -2.10. The SMILES string of the molecule is O=[N+]([O-])c1ncc([C@@H]2O[C@H](CO)[C@@H](O)[C@@H]2O)[nH]1. The van der Waals surface area contributed by atoms with Crippen molar-refractivity contribution in [3.05, 3.63) is 22.0 Å². The number of aliphatic hydroxyl groups excluding tert-OH is 3. The van der Waals surface area contributed by atoms with Crippen LogP contribution in [0, 0.1) is 10.1 Å². The smallest absolute Gasteiger partial charge is 0.394 e. The quantitative estimate of drug-likeness (QED) is 0.374. The molecule has 2 rings (SSSR count). The fraction of sp³-hybridized carbons (Fsp3) is 0.625. The van der Waals surface area contributed by atoms with Crippen LogP contribution in [0.25, 0.3) is 0 Å². The van der Waals surface area contributed by atoms with E-state index in [2.05, 4.69) is 9.97 Å². The van der Waals surface area contributed by atoms with E-state index in [4.69, 9.17) is 9.84 Å². The van der Waals surface area contributed by atoms with Crippen molar-refractivity contribution in [2.24, 2.45) is 0 Å². The summed E-state index contributed by atoms with van der Waals surface area (Å²) in [7, 11) is 0. The van der Waals surface area contributed by atoms with Crippen molar-refractivity contribution in [1.82, 2.24) is 9.97 Å². The van der Waals surface area contributed by atoms with Gasteiger partial charge in [0.2, 0.25) is 0 Å². The van der Waals surface area contributed by atoms with E-state index in [1.54, 1.807) is 0 Å². The first-order valence-electron chi connectivity index (χ1n) is 4.86. The van der Waals surface area contributed by atoms with E-state index in [0.29, 0.717) is 0 Å². The van der Waals surface area contributed by atoms with Gasteiger partial charge >= 0.3 is 5.95 Å². The second-order valence-electron chi connectivity index (χ2n) is 3.68. The molecule has 9 nitrogen and oxygen atoms in total. The van der Waals surface area contributed by atoms with Gasteiger partial charge in [-0.1, -0.05) is 4.98 Å². The van der Waals surface area contributed by atoms with Crippen molar-refractivity contribution in [3.63, 3.8) is 0 Å². The largest absolute Gasteiger partial charge is 0.432 e. The molecule has 0 aromatic carbocycles. The normalized spacial score (nSPS) is 32.9. The number of aliphatic hydroxyl groups is 3. The van der Waals surface area contributed by atoms with E-state index in [1.807, 2.05) is 0 Å². The lowest BCUT2D eigenvalue weighted by molar-refractivity contribution is -0.393. The molecule has 0 bridgehead atoms. The number of ether oxygens (including phenoxy) is 1. The number of nitrogens with one attached hydrogen (secondary N) is 1. The summed E-state index contributed by atoms with van der Waals surface area (Å²) in [4.78, 5) is 15.5. The molecule has 1 aromatic heterocycles. The van der Waals surface area contributed by atoms with Crippen LogP contribution < -0.4 is 0 Å². The third-order valence-electron chi connectivity index (χ3n) is 2.60. The first-order valence-corrected chi connectivity index (χ1v) is 4.86. The van der Waals surface area contributed by atoms with E-state index >= 15 is 0 Å². The van der Waals surface area contributed by atoms with Crippen LogP contribution in [-0.4, -0.2) is 55.1 Å². The number of nitrogens with zero attached hydrogens (tertiary/aromatic N) is 2. The second-order valence-corrected chi connectivity index (χ2v) is 3.68. The Morgan fingerprint density at radius 1 is 1.53 bits per heavy atom. The van der Waals surface area contributed by atoms with Crippen LogP contribution >= 0.6 is 0 Å². The highest BCUT2D eigenvalue weighted by Crippen LogP contribution is 2.32. The van der Waals surface area contributed by atoms with Gasteiger partial charge < -0.3 is 30.2 Å². The highest BCUT2D eigenvalue weighted by molar-refractivity contribution is 5.16. The minimum Gasteiger partial charge on any atom is -0.394 e. The molecule has 1 aromatic rings. The molecule has 0 spiro atoms. The topological polar surface area (TPSA) is 142 Å². The molecule has 1 fully saturated rings. The Hall–Kier alpha value is -1.55. The Morgan fingerprint density at radius 3 is 2.71 bits per heavy atom. The summed E-state index contributed by atoms with van der Waals surface area (Å²) >= 11 is 0. The predicted molar refractivity (Wildman–Crippen MR) is 52.0 cm³/mol. The van der Waals surface area contributed by atoms with E-state index < -0.39 is 41.9 Å². The number of hydrogen-bond donors (Lipinski definition) is 4. The van der Waals surface area contributed by atoms with Crippen molar-refractivity contribution in [1.29, 1.82) is 0 Å². The molecule has 17 heavy (non-hydrogen) atoms. The number of rotatable bonds is 3. The zero-order chi connectivity index (χ0) is 12.6. The summed E-state index contributed by atoms with van der Waals surface area (Å²) in [6.07, 6.45) is -3.25. The molecule has 94 valence electrons. The first kappa shape index (κ1) is 11.9. The standard InChI is InChI=1S/C8H11N3O6/c12-2-4-5(13)6(14)7(17-4)3-1-9-8(10-3)11(15)16/h1,4-7,12-14H,2H2,(H,9,10)/t4-,5-,6+,7+/m1/s1. The molecule has 0 radical (unpaired) electrons. The third kappa shape index (κ3) is 2.00. The highest BCUT2D eigenvalue weighted by atomic mass is 16.6. The molecule has 0 unspecified atom stereocenters. The van der Waals surface area contributed by atoms with Crippen LogP contribution in [0.3, 0.4) is 0 Å². The molecule has 0 saturated carbocycles. The minimum atomic E-state index is -1.27. The number of aromatic amines is 1. The Bertz CT molecular complexity index is 421. The van der Waals surface area contributed by atoms with Crippen LogP contribution in [0.1, 0.15) is 11.8 Å². The molecule has 0 amide bonds. The fourth-order valence-corrected chi connectivity index (χ4v) is 1.72. The van der Waals surface area contributed by atoms with Crippen LogP contribution in [-0.2, 0) is 4.74 Å². The molecule has 1 saturated heterocycles. The molecule has 0 aliphatic carbocycles. The van der Waals surface area contributed by atoms with E-state index in [0.717, 1.165) is 6.20 Å². The van der Waals surface area contributed by atoms with E-state index in [-0.39, 0.29) is 5.69 Å². The van der Waals surface area contributed by atoms with Gasteiger partial charge in [0.15, 0.2) is 0 Å². The minimum absolute atomic E-state index is 0.180. The monoisotopic (exact) mass is 245 g/mol. The van der Waals surface area contributed by atoms with Crippen LogP contribution in [0.2, 0.25) is 0 Å².